The van der Waals surface area contributed by atoms with E-state index >= 15 is 0 Å². The van der Waals surface area contributed by atoms with Crippen LogP contribution in [-0.4, -0.2) is 48.9 Å². The molecule has 0 aliphatic heterocycles. The van der Waals surface area contributed by atoms with Gasteiger partial charge in [0, 0.05) is 13.2 Å². The van der Waals surface area contributed by atoms with Crippen LogP contribution in [0.5, 0.6) is 0 Å². The normalized spacial score (nSPS) is 11.2. The fourth-order valence-corrected chi connectivity index (χ4v) is 1.04. The van der Waals surface area contributed by atoms with Crippen molar-refractivity contribution in [2.24, 2.45) is 0 Å². The third kappa shape index (κ3) is 8.19. The number of hydrogen-bond acceptors (Lipinski definition) is 4. The summed E-state index contributed by atoms with van der Waals surface area (Å²) in [5, 5.41) is 10.9. The van der Waals surface area contributed by atoms with Crippen LogP contribution < -0.4 is 5.32 Å². The van der Waals surface area contributed by atoms with E-state index in [2.05, 4.69) is 10.1 Å². The van der Waals surface area contributed by atoms with E-state index in [9.17, 15) is 9.59 Å². The van der Waals surface area contributed by atoms with E-state index < -0.39 is 18.2 Å². The van der Waals surface area contributed by atoms with Gasteiger partial charge in [0.25, 0.3) is 0 Å². The second-order valence-electron chi connectivity index (χ2n) is 3.86. The van der Waals surface area contributed by atoms with Crippen LogP contribution in [0.1, 0.15) is 20.8 Å². The van der Waals surface area contributed by atoms with Gasteiger partial charge < -0.3 is 19.9 Å². The summed E-state index contributed by atoms with van der Waals surface area (Å²) in [6.07, 6.45) is 0. The maximum atomic E-state index is 11.2. The van der Waals surface area contributed by atoms with Crippen LogP contribution in [0.3, 0.4) is 0 Å². The molecule has 0 radical (unpaired) electrons. The molecule has 0 heterocycles. The molecule has 0 rings (SSSR count). The number of rotatable bonds is 8. The molecule has 0 atom stereocenters. The van der Waals surface area contributed by atoms with Crippen LogP contribution in [0.2, 0.25) is 0 Å². The third-order valence-electron chi connectivity index (χ3n) is 1.71. The van der Waals surface area contributed by atoms with Crippen LogP contribution >= 0.6 is 0 Å². The topological polar surface area (TPSA) is 84.9 Å². The Morgan fingerprint density at radius 3 is 2.44 bits per heavy atom. The molecule has 0 aromatic heterocycles. The lowest BCUT2D eigenvalue weighted by molar-refractivity contribution is -0.143. The van der Waals surface area contributed by atoms with E-state index in [1.54, 1.807) is 0 Å². The van der Waals surface area contributed by atoms with Crippen LogP contribution in [0.25, 0.3) is 0 Å². The summed E-state index contributed by atoms with van der Waals surface area (Å²) in [5.74, 6) is -1.45. The first-order valence-corrected chi connectivity index (χ1v) is 5.07. The smallest absolute Gasteiger partial charge is 0.329 e. The molecular weight excluding hydrogens is 214 g/mol. The minimum Gasteiger partial charge on any atom is -0.480 e. The Morgan fingerprint density at radius 2 is 1.94 bits per heavy atom. The summed E-state index contributed by atoms with van der Waals surface area (Å²) in [5.41, 5.74) is -0.433. The van der Waals surface area contributed by atoms with E-state index in [1.165, 1.54) is 0 Å². The molecule has 6 nitrogen and oxygen atoms in total. The summed E-state index contributed by atoms with van der Waals surface area (Å²) < 4.78 is 10.0. The van der Waals surface area contributed by atoms with Gasteiger partial charge in [-0.25, -0.2) is 4.79 Å². The van der Waals surface area contributed by atoms with Crippen LogP contribution in [0.15, 0.2) is 0 Å². The second kappa shape index (κ2) is 7.19. The van der Waals surface area contributed by atoms with Crippen molar-refractivity contribution in [3.05, 3.63) is 0 Å². The van der Waals surface area contributed by atoms with Gasteiger partial charge in [-0.15, -0.1) is 0 Å². The maximum absolute atomic E-state index is 11.2. The molecule has 0 aliphatic carbocycles. The molecule has 0 aliphatic rings. The SMILES string of the molecule is CCOC(C)(C)CNC(=O)COCC(=O)O. The molecule has 0 unspecified atom stereocenters. The fourth-order valence-electron chi connectivity index (χ4n) is 1.04. The van der Waals surface area contributed by atoms with Gasteiger partial charge in [0.15, 0.2) is 0 Å². The summed E-state index contributed by atoms with van der Waals surface area (Å²) in [7, 11) is 0. The summed E-state index contributed by atoms with van der Waals surface area (Å²) in [6, 6.07) is 0. The lowest BCUT2D eigenvalue weighted by atomic mass is 10.1. The minimum atomic E-state index is -1.09. The van der Waals surface area contributed by atoms with Crippen molar-refractivity contribution in [2.45, 2.75) is 26.4 Å². The molecule has 0 aromatic carbocycles. The Labute approximate surface area is 94.9 Å². The fraction of sp³-hybridized carbons (Fsp3) is 0.800. The van der Waals surface area contributed by atoms with Crippen molar-refractivity contribution in [3.8, 4) is 0 Å². The first kappa shape index (κ1) is 14.9. The van der Waals surface area contributed by atoms with E-state index in [0.717, 1.165) is 0 Å². The van der Waals surface area contributed by atoms with Crippen molar-refractivity contribution in [1.29, 1.82) is 0 Å². The van der Waals surface area contributed by atoms with Gasteiger partial charge in [-0.2, -0.15) is 0 Å². The number of nitrogens with one attached hydrogen (secondary N) is 1. The Morgan fingerprint density at radius 1 is 1.31 bits per heavy atom. The zero-order chi connectivity index (χ0) is 12.6. The van der Waals surface area contributed by atoms with Gasteiger partial charge in [-0.1, -0.05) is 0 Å². The highest BCUT2D eigenvalue weighted by atomic mass is 16.5. The van der Waals surface area contributed by atoms with Crippen molar-refractivity contribution in [3.63, 3.8) is 0 Å². The van der Waals surface area contributed by atoms with Gasteiger partial charge in [0.1, 0.15) is 13.2 Å². The molecular formula is C10H19NO5. The maximum Gasteiger partial charge on any atom is 0.329 e. The molecule has 0 bridgehead atoms. The van der Waals surface area contributed by atoms with E-state index in [-0.39, 0.29) is 12.5 Å². The number of carboxylic acid groups (broad SMARTS) is 1. The molecule has 0 aromatic rings. The number of aliphatic carboxylic acids is 1. The van der Waals surface area contributed by atoms with Gasteiger partial charge in [-0.3, -0.25) is 4.79 Å². The number of carboxylic acids is 1. The van der Waals surface area contributed by atoms with Gasteiger partial charge >= 0.3 is 5.97 Å². The number of carbonyl (C=O) groups excluding carboxylic acids is 1. The number of carbonyl (C=O) groups is 2. The Bertz CT molecular complexity index is 239. The zero-order valence-electron chi connectivity index (χ0n) is 9.91. The predicted octanol–water partition coefficient (Wildman–Crippen LogP) is 0.0189. The van der Waals surface area contributed by atoms with Gasteiger partial charge in [0.2, 0.25) is 5.91 Å². The predicted molar refractivity (Wildman–Crippen MR) is 57.2 cm³/mol. The van der Waals surface area contributed by atoms with Gasteiger partial charge in [-0.05, 0) is 20.8 Å². The molecule has 16 heavy (non-hydrogen) atoms. The van der Waals surface area contributed by atoms with Crippen molar-refractivity contribution >= 4 is 11.9 Å². The Kier molecular flexibility index (Phi) is 6.67. The number of ether oxygens (including phenoxy) is 2. The lowest BCUT2D eigenvalue weighted by Gasteiger charge is -2.24. The zero-order valence-corrected chi connectivity index (χ0v) is 9.91. The molecule has 1 amide bonds. The largest absolute Gasteiger partial charge is 0.480 e. The van der Waals surface area contributed by atoms with E-state index in [0.29, 0.717) is 13.2 Å². The average molecular weight is 233 g/mol. The molecule has 6 heteroatoms. The Balaban J connectivity index is 3.68. The van der Waals surface area contributed by atoms with E-state index in [4.69, 9.17) is 9.84 Å². The number of hydrogen-bond donors (Lipinski definition) is 2. The monoisotopic (exact) mass is 233 g/mol. The molecule has 0 spiro atoms. The van der Waals surface area contributed by atoms with Crippen LogP contribution in [0, 0.1) is 0 Å². The summed E-state index contributed by atoms with van der Waals surface area (Å²) in [6.45, 7) is 5.79. The molecule has 0 saturated carbocycles. The average Bonchev–Trinajstić information content (AvgIpc) is 2.14. The van der Waals surface area contributed by atoms with Crippen molar-refractivity contribution < 1.29 is 24.2 Å². The first-order valence-electron chi connectivity index (χ1n) is 5.07. The molecule has 0 fully saturated rings. The minimum absolute atomic E-state index is 0.255. The van der Waals surface area contributed by atoms with Crippen molar-refractivity contribution in [2.75, 3.05) is 26.4 Å². The quantitative estimate of drug-likeness (QED) is 0.617. The van der Waals surface area contributed by atoms with E-state index in [1.807, 2.05) is 20.8 Å². The lowest BCUT2D eigenvalue weighted by Crippen LogP contribution is -2.41. The standard InChI is InChI=1S/C10H19NO5/c1-4-16-10(2,3)7-11-8(12)5-15-6-9(13)14/h4-7H2,1-3H3,(H,11,12)(H,13,14). The highest BCUT2D eigenvalue weighted by Gasteiger charge is 2.18. The van der Waals surface area contributed by atoms with Crippen LogP contribution in [-0.2, 0) is 19.1 Å². The van der Waals surface area contributed by atoms with Crippen molar-refractivity contribution in [1.82, 2.24) is 5.32 Å². The summed E-state index contributed by atoms with van der Waals surface area (Å²) in [4.78, 5) is 21.3. The first-order chi connectivity index (χ1) is 7.37. The molecule has 2 N–H and O–H groups in total. The highest BCUT2D eigenvalue weighted by molar-refractivity contribution is 5.77. The van der Waals surface area contributed by atoms with Gasteiger partial charge in [0.05, 0.1) is 5.60 Å². The Hall–Kier alpha value is -1.14. The highest BCUT2D eigenvalue weighted by Crippen LogP contribution is 2.06. The number of amides is 1. The second-order valence-corrected chi connectivity index (χ2v) is 3.86. The third-order valence-corrected chi connectivity index (χ3v) is 1.71. The van der Waals surface area contributed by atoms with Crippen LogP contribution in [0.4, 0.5) is 0 Å². The molecule has 0 saturated heterocycles. The molecule has 94 valence electrons. The summed E-state index contributed by atoms with van der Waals surface area (Å²) >= 11 is 0.